The standard InChI is InChI=1S/C29H26N2O4/c1-3-18-9-11-19(12-10-18)27(32)25-26(23-17-30-24-8-6-5-7-22(23)24)31(29(34)28(25)33)20-13-15-21(16-14-20)35-4-2/h5-17,26,30,32H,3-4H2,1-2H3/b27-25+. The summed E-state index contributed by atoms with van der Waals surface area (Å²) < 4.78 is 5.54. The number of hydrogen-bond acceptors (Lipinski definition) is 4. The maximum Gasteiger partial charge on any atom is 0.300 e. The van der Waals surface area contributed by atoms with Crippen molar-refractivity contribution in [2.45, 2.75) is 26.3 Å². The summed E-state index contributed by atoms with van der Waals surface area (Å²) >= 11 is 0. The first-order valence-corrected chi connectivity index (χ1v) is 11.7. The third kappa shape index (κ3) is 3.87. The number of aryl methyl sites for hydroxylation is 1. The Kier molecular flexibility index (Phi) is 5.87. The number of aliphatic hydroxyl groups is 1. The van der Waals surface area contributed by atoms with E-state index in [9.17, 15) is 14.7 Å². The van der Waals surface area contributed by atoms with Gasteiger partial charge in [-0.05, 0) is 49.2 Å². The molecule has 0 bridgehead atoms. The minimum Gasteiger partial charge on any atom is -0.507 e. The van der Waals surface area contributed by atoms with E-state index < -0.39 is 17.7 Å². The quantitative estimate of drug-likeness (QED) is 0.215. The molecule has 3 aromatic carbocycles. The van der Waals surface area contributed by atoms with Crippen molar-refractivity contribution in [3.8, 4) is 5.75 Å². The van der Waals surface area contributed by atoms with Crippen LogP contribution in [0, 0.1) is 0 Å². The van der Waals surface area contributed by atoms with Gasteiger partial charge in [0.15, 0.2) is 0 Å². The van der Waals surface area contributed by atoms with Crippen molar-refractivity contribution < 1.29 is 19.4 Å². The number of aromatic nitrogens is 1. The summed E-state index contributed by atoms with van der Waals surface area (Å²) in [5, 5.41) is 12.2. The van der Waals surface area contributed by atoms with Gasteiger partial charge in [0.1, 0.15) is 11.5 Å². The van der Waals surface area contributed by atoms with E-state index >= 15 is 0 Å². The smallest absolute Gasteiger partial charge is 0.300 e. The van der Waals surface area contributed by atoms with E-state index in [1.807, 2.05) is 50.2 Å². The molecule has 1 aliphatic heterocycles. The second-order valence-corrected chi connectivity index (χ2v) is 8.44. The molecule has 1 atom stereocenters. The molecular formula is C29H26N2O4. The van der Waals surface area contributed by atoms with Gasteiger partial charge in [0.05, 0.1) is 18.2 Å². The van der Waals surface area contributed by atoms with Crippen LogP contribution in [-0.2, 0) is 16.0 Å². The van der Waals surface area contributed by atoms with E-state index in [0.717, 1.165) is 28.5 Å². The van der Waals surface area contributed by atoms with Crippen molar-refractivity contribution >= 4 is 34.0 Å². The molecule has 6 nitrogen and oxygen atoms in total. The molecule has 0 radical (unpaired) electrons. The summed E-state index contributed by atoms with van der Waals surface area (Å²) in [5.41, 5.74) is 3.85. The van der Waals surface area contributed by atoms with Crippen molar-refractivity contribution in [1.29, 1.82) is 0 Å². The molecule has 1 amide bonds. The van der Waals surface area contributed by atoms with Crippen LogP contribution in [0.3, 0.4) is 0 Å². The minimum atomic E-state index is -0.796. The predicted molar refractivity (Wildman–Crippen MR) is 137 cm³/mol. The molecule has 1 unspecified atom stereocenters. The summed E-state index contributed by atoms with van der Waals surface area (Å²) in [6.07, 6.45) is 2.66. The lowest BCUT2D eigenvalue weighted by molar-refractivity contribution is -0.132. The summed E-state index contributed by atoms with van der Waals surface area (Å²) in [6.45, 7) is 4.47. The summed E-state index contributed by atoms with van der Waals surface area (Å²) in [7, 11) is 0. The topological polar surface area (TPSA) is 82.6 Å². The Morgan fingerprint density at radius 2 is 1.69 bits per heavy atom. The fraction of sp³-hybridized carbons (Fsp3) is 0.172. The van der Waals surface area contributed by atoms with Crippen molar-refractivity contribution in [3.63, 3.8) is 0 Å². The molecule has 176 valence electrons. The lowest BCUT2D eigenvalue weighted by atomic mass is 9.94. The van der Waals surface area contributed by atoms with Crippen molar-refractivity contribution in [2.24, 2.45) is 0 Å². The number of ketones is 1. The number of ether oxygens (including phenoxy) is 1. The summed E-state index contributed by atoms with van der Waals surface area (Å²) in [5.74, 6) is -0.912. The maximum absolute atomic E-state index is 13.4. The van der Waals surface area contributed by atoms with Crippen LogP contribution in [0.1, 0.15) is 36.6 Å². The van der Waals surface area contributed by atoms with Crippen molar-refractivity contribution in [2.75, 3.05) is 11.5 Å². The Morgan fingerprint density at radius 3 is 2.37 bits per heavy atom. The second kappa shape index (κ2) is 9.14. The number of H-pyrrole nitrogens is 1. The molecule has 0 saturated carbocycles. The molecule has 1 aliphatic rings. The third-order valence-electron chi connectivity index (χ3n) is 6.42. The van der Waals surface area contributed by atoms with Crippen LogP contribution in [0.15, 0.2) is 84.6 Å². The molecule has 0 aliphatic carbocycles. The Bertz CT molecular complexity index is 1430. The zero-order valence-corrected chi connectivity index (χ0v) is 19.6. The second-order valence-electron chi connectivity index (χ2n) is 8.44. The van der Waals surface area contributed by atoms with Gasteiger partial charge in [-0.1, -0.05) is 49.4 Å². The number of anilines is 1. The number of nitrogens with zero attached hydrogens (tertiary/aromatic N) is 1. The number of carbonyl (C=O) groups is 2. The number of nitrogens with one attached hydrogen (secondary N) is 1. The Hall–Kier alpha value is -4.32. The highest BCUT2D eigenvalue weighted by Gasteiger charge is 2.47. The van der Waals surface area contributed by atoms with Gasteiger partial charge in [-0.3, -0.25) is 14.5 Å². The fourth-order valence-corrected chi connectivity index (χ4v) is 4.64. The van der Waals surface area contributed by atoms with E-state index in [-0.39, 0.29) is 11.3 Å². The van der Waals surface area contributed by atoms with Gasteiger partial charge in [-0.15, -0.1) is 0 Å². The first kappa shape index (κ1) is 22.5. The number of aromatic amines is 1. The fourth-order valence-electron chi connectivity index (χ4n) is 4.64. The van der Waals surface area contributed by atoms with E-state index in [2.05, 4.69) is 4.98 Å². The van der Waals surface area contributed by atoms with E-state index in [1.54, 1.807) is 42.6 Å². The molecule has 2 heterocycles. The molecular weight excluding hydrogens is 440 g/mol. The van der Waals surface area contributed by atoms with Gasteiger partial charge >= 0.3 is 0 Å². The number of benzene rings is 3. The lowest BCUT2D eigenvalue weighted by Gasteiger charge is -2.25. The Labute approximate surface area is 203 Å². The summed E-state index contributed by atoms with van der Waals surface area (Å²) in [6, 6.07) is 21.4. The molecule has 1 fully saturated rings. The summed E-state index contributed by atoms with van der Waals surface area (Å²) in [4.78, 5) is 31.5. The number of para-hydroxylation sites is 1. The van der Waals surface area contributed by atoms with E-state index in [1.165, 1.54) is 4.90 Å². The molecule has 5 rings (SSSR count). The van der Waals surface area contributed by atoms with Crippen molar-refractivity contribution in [3.05, 3.63) is 101 Å². The molecule has 0 spiro atoms. The van der Waals surface area contributed by atoms with Crippen LogP contribution < -0.4 is 9.64 Å². The van der Waals surface area contributed by atoms with Gasteiger partial charge in [0.2, 0.25) is 0 Å². The number of hydrogen-bond donors (Lipinski definition) is 2. The Balaban J connectivity index is 1.71. The average molecular weight is 467 g/mol. The number of amides is 1. The molecule has 2 N–H and O–H groups in total. The van der Waals surface area contributed by atoms with Crippen LogP contribution >= 0.6 is 0 Å². The SMILES string of the molecule is CCOc1ccc(N2C(=O)C(=O)/C(=C(/O)c3ccc(CC)cc3)C2c2c[nH]c3ccccc23)cc1. The highest BCUT2D eigenvalue weighted by Crippen LogP contribution is 2.44. The molecule has 1 saturated heterocycles. The zero-order chi connectivity index (χ0) is 24.5. The van der Waals surface area contributed by atoms with E-state index in [4.69, 9.17) is 4.74 Å². The number of rotatable bonds is 6. The van der Waals surface area contributed by atoms with Crippen LogP contribution in [0.5, 0.6) is 5.75 Å². The average Bonchev–Trinajstić information content (AvgIpc) is 3.43. The highest BCUT2D eigenvalue weighted by molar-refractivity contribution is 6.51. The Morgan fingerprint density at radius 1 is 0.971 bits per heavy atom. The first-order valence-electron chi connectivity index (χ1n) is 11.7. The van der Waals surface area contributed by atoms with Crippen LogP contribution in [-0.4, -0.2) is 28.4 Å². The third-order valence-corrected chi connectivity index (χ3v) is 6.42. The van der Waals surface area contributed by atoms with Gasteiger partial charge in [0, 0.05) is 33.9 Å². The number of carbonyl (C=O) groups excluding carboxylic acids is 2. The monoisotopic (exact) mass is 466 g/mol. The maximum atomic E-state index is 13.4. The van der Waals surface area contributed by atoms with Gasteiger partial charge in [-0.25, -0.2) is 0 Å². The van der Waals surface area contributed by atoms with Gasteiger partial charge < -0.3 is 14.8 Å². The van der Waals surface area contributed by atoms with Crippen LogP contribution in [0.25, 0.3) is 16.7 Å². The number of Topliss-reactive ketones (excluding diaryl/α,β-unsaturated/α-hetero) is 1. The van der Waals surface area contributed by atoms with Gasteiger partial charge in [-0.2, -0.15) is 0 Å². The van der Waals surface area contributed by atoms with Crippen LogP contribution in [0.2, 0.25) is 0 Å². The predicted octanol–water partition coefficient (Wildman–Crippen LogP) is 5.76. The minimum absolute atomic E-state index is 0.0675. The van der Waals surface area contributed by atoms with Crippen molar-refractivity contribution in [1.82, 2.24) is 4.98 Å². The lowest BCUT2D eigenvalue weighted by Crippen LogP contribution is -2.29. The molecule has 35 heavy (non-hydrogen) atoms. The number of aliphatic hydroxyl groups excluding tert-OH is 1. The molecule has 4 aromatic rings. The first-order chi connectivity index (χ1) is 17.0. The molecule has 1 aromatic heterocycles. The highest BCUT2D eigenvalue weighted by atomic mass is 16.5. The van der Waals surface area contributed by atoms with E-state index in [0.29, 0.717) is 23.6 Å². The normalized spacial score (nSPS) is 17.3. The largest absolute Gasteiger partial charge is 0.507 e. The van der Waals surface area contributed by atoms with Gasteiger partial charge in [0.25, 0.3) is 11.7 Å². The van der Waals surface area contributed by atoms with Crippen LogP contribution in [0.4, 0.5) is 5.69 Å². The zero-order valence-electron chi connectivity index (χ0n) is 19.6. The molecule has 6 heteroatoms. The number of fused-ring (bicyclic) bond motifs is 1.